The highest BCUT2D eigenvalue weighted by molar-refractivity contribution is 5.47. The van der Waals surface area contributed by atoms with Gasteiger partial charge in [0.2, 0.25) is 0 Å². The van der Waals surface area contributed by atoms with Crippen molar-refractivity contribution in [3.63, 3.8) is 0 Å². The highest BCUT2D eigenvalue weighted by Gasteiger charge is 2.30. The summed E-state index contributed by atoms with van der Waals surface area (Å²) in [4.78, 5) is 2.14. The zero-order chi connectivity index (χ0) is 14.4. The van der Waals surface area contributed by atoms with E-state index in [0.29, 0.717) is 0 Å². The van der Waals surface area contributed by atoms with Crippen LogP contribution in [0, 0.1) is 11.2 Å². The van der Waals surface area contributed by atoms with Crippen LogP contribution in [0.5, 0.6) is 0 Å². The molecule has 2 rings (SSSR count). The molecule has 20 heavy (non-hydrogen) atoms. The summed E-state index contributed by atoms with van der Waals surface area (Å²) in [5, 5.41) is 0. The van der Waals surface area contributed by atoms with Crippen LogP contribution < -0.4 is 10.6 Å². The molecule has 0 saturated heterocycles. The topological polar surface area (TPSA) is 29.3 Å². The molecule has 0 aliphatic heterocycles. The summed E-state index contributed by atoms with van der Waals surface area (Å²) in [6.07, 6.45) is 7.47. The maximum absolute atomic E-state index is 13.9. The van der Waals surface area contributed by atoms with Crippen molar-refractivity contribution in [1.82, 2.24) is 0 Å². The van der Waals surface area contributed by atoms with Crippen LogP contribution >= 0.6 is 0 Å². The molecule has 1 aromatic carbocycles. The van der Waals surface area contributed by atoms with E-state index in [-0.39, 0.29) is 11.2 Å². The van der Waals surface area contributed by atoms with Crippen LogP contribution in [-0.4, -0.2) is 19.6 Å². The highest BCUT2D eigenvalue weighted by Crippen LogP contribution is 2.38. The molecule has 2 nitrogen and oxygen atoms in total. The van der Waals surface area contributed by atoms with Crippen LogP contribution in [0.4, 0.5) is 10.1 Å². The van der Waals surface area contributed by atoms with Crippen LogP contribution in [0.2, 0.25) is 0 Å². The standard InChI is InChI=1S/C17H27FN2/c1-2-20(16-9-5-4-8-15(16)18)13-12-17(14-19)10-6-3-7-11-17/h4-5,8-9H,2-3,6-7,10-14,19H2,1H3. The van der Waals surface area contributed by atoms with Gasteiger partial charge in [-0.3, -0.25) is 0 Å². The molecule has 0 bridgehead atoms. The first-order valence-electron chi connectivity index (χ1n) is 7.90. The van der Waals surface area contributed by atoms with Crippen LogP contribution in [0.15, 0.2) is 24.3 Å². The number of anilines is 1. The van der Waals surface area contributed by atoms with E-state index in [9.17, 15) is 4.39 Å². The molecule has 0 radical (unpaired) electrons. The Hall–Kier alpha value is -1.09. The van der Waals surface area contributed by atoms with E-state index in [1.54, 1.807) is 6.07 Å². The molecule has 0 unspecified atom stereocenters. The SMILES string of the molecule is CCN(CCC1(CN)CCCCC1)c1ccccc1F. The number of nitrogens with zero attached hydrogens (tertiary/aromatic N) is 1. The maximum Gasteiger partial charge on any atom is 0.146 e. The lowest BCUT2D eigenvalue weighted by atomic mass is 9.72. The van der Waals surface area contributed by atoms with E-state index in [0.717, 1.165) is 31.7 Å². The van der Waals surface area contributed by atoms with Crippen molar-refractivity contribution in [2.45, 2.75) is 45.4 Å². The van der Waals surface area contributed by atoms with Gasteiger partial charge in [-0.1, -0.05) is 31.4 Å². The smallest absolute Gasteiger partial charge is 0.146 e. The number of hydrogen-bond acceptors (Lipinski definition) is 2. The number of halogens is 1. The van der Waals surface area contributed by atoms with Crippen molar-refractivity contribution >= 4 is 5.69 Å². The Kier molecular flexibility index (Phi) is 5.41. The van der Waals surface area contributed by atoms with E-state index < -0.39 is 0 Å². The largest absolute Gasteiger partial charge is 0.369 e. The quantitative estimate of drug-likeness (QED) is 0.853. The summed E-state index contributed by atoms with van der Waals surface area (Å²) in [5.74, 6) is -0.125. The molecule has 1 aliphatic carbocycles. The van der Waals surface area contributed by atoms with Crippen molar-refractivity contribution < 1.29 is 4.39 Å². The second-order valence-corrected chi connectivity index (χ2v) is 6.05. The van der Waals surface area contributed by atoms with Crippen LogP contribution in [0.25, 0.3) is 0 Å². The third-order valence-electron chi connectivity index (χ3n) is 4.83. The van der Waals surface area contributed by atoms with Gasteiger partial charge in [-0.2, -0.15) is 0 Å². The molecular weight excluding hydrogens is 251 g/mol. The Labute approximate surface area is 122 Å². The Morgan fingerprint density at radius 3 is 2.50 bits per heavy atom. The third kappa shape index (κ3) is 3.51. The van der Waals surface area contributed by atoms with Crippen molar-refractivity contribution in [1.29, 1.82) is 0 Å². The van der Waals surface area contributed by atoms with Crippen LogP contribution in [0.3, 0.4) is 0 Å². The van der Waals surface area contributed by atoms with Gasteiger partial charge in [0, 0.05) is 13.1 Å². The average molecular weight is 278 g/mol. The predicted octanol–water partition coefficient (Wildman–Crippen LogP) is 3.95. The summed E-state index contributed by atoms with van der Waals surface area (Å²) in [5.41, 5.74) is 7.05. The summed E-state index contributed by atoms with van der Waals surface area (Å²) in [7, 11) is 0. The fraction of sp³-hybridized carbons (Fsp3) is 0.647. The predicted molar refractivity (Wildman–Crippen MR) is 83.5 cm³/mol. The lowest BCUT2D eigenvalue weighted by molar-refractivity contribution is 0.184. The van der Waals surface area contributed by atoms with Crippen molar-refractivity contribution in [3.8, 4) is 0 Å². The second-order valence-electron chi connectivity index (χ2n) is 6.05. The van der Waals surface area contributed by atoms with E-state index in [1.807, 2.05) is 12.1 Å². The van der Waals surface area contributed by atoms with E-state index >= 15 is 0 Å². The van der Waals surface area contributed by atoms with E-state index in [4.69, 9.17) is 5.73 Å². The minimum absolute atomic E-state index is 0.125. The zero-order valence-corrected chi connectivity index (χ0v) is 12.6. The van der Waals surface area contributed by atoms with Gasteiger partial charge < -0.3 is 10.6 Å². The molecule has 1 saturated carbocycles. The molecule has 1 aromatic rings. The van der Waals surface area contributed by atoms with Crippen molar-refractivity contribution in [2.24, 2.45) is 11.1 Å². The highest BCUT2D eigenvalue weighted by atomic mass is 19.1. The fourth-order valence-corrected chi connectivity index (χ4v) is 3.39. The van der Waals surface area contributed by atoms with Gasteiger partial charge in [-0.05, 0) is 50.3 Å². The minimum atomic E-state index is -0.125. The zero-order valence-electron chi connectivity index (χ0n) is 12.6. The van der Waals surface area contributed by atoms with Gasteiger partial charge in [0.05, 0.1) is 5.69 Å². The monoisotopic (exact) mass is 278 g/mol. The van der Waals surface area contributed by atoms with Crippen molar-refractivity contribution in [2.75, 3.05) is 24.5 Å². The normalized spacial score (nSPS) is 17.9. The third-order valence-corrected chi connectivity index (χ3v) is 4.83. The summed E-state index contributed by atoms with van der Waals surface area (Å²) >= 11 is 0. The van der Waals surface area contributed by atoms with Gasteiger partial charge in [0.15, 0.2) is 0 Å². The first-order chi connectivity index (χ1) is 9.71. The van der Waals surface area contributed by atoms with Crippen LogP contribution in [-0.2, 0) is 0 Å². The Morgan fingerprint density at radius 1 is 1.20 bits per heavy atom. The Bertz CT molecular complexity index is 413. The number of hydrogen-bond donors (Lipinski definition) is 1. The van der Waals surface area contributed by atoms with E-state index in [2.05, 4.69) is 11.8 Å². The molecule has 112 valence electrons. The first kappa shape index (κ1) is 15.3. The Balaban J connectivity index is 2.01. The molecule has 1 aliphatic rings. The number of rotatable bonds is 6. The molecule has 0 amide bonds. The second kappa shape index (κ2) is 7.07. The fourth-order valence-electron chi connectivity index (χ4n) is 3.39. The summed E-state index contributed by atoms with van der Waals surface area (Å²) in [6.45, 7) is 4.58. The molecule has 1 fully saturated rings. The lowest BCUT2D eigenvalue weighted by Crippen LogP contribution is -2.37. The van der Waals surface area contributed by atoms with Gasteiger partial charge in [0.1, 0.15) is 5.82 Å². The maximum atomic E-state index is 13.9. The van der Waals surface area contributed by atoms with E-state index in [1.165, 1.54) is 38.2 Å². The van der Waals surface area contributed by atoms with Crippen LogP contribution in [0.1, 0.15) is 45.4 Å². The summed E-state index contributed by atoms with van der Waals surface area (Å²) < 4.78 is 13.9. The molecule has 0 spiro atoms. The minimum Gasteiger partial charge on any atom is -0.369 e. The molecule has 2 N–H and O–H groups in total. The number of benzene rings is 1. The van der Waals surface area contributed by atoms with Gasteiger partial charge in [-0.25, -0.2) is 4.39 Å². The lowest BCUT2D eigenvalue weighted by Gasteiger charge is -2.38. The molecule has 3 heteroatoms. The number of para-hydroxylation sites is 1. The molecule has 0 heterocycles. The van der Waals surface area contributed by atoms with Gasteiger partial charge >= 0.3 is 0 Å². The van der Waals surface area contributed by atoms with Gasteiger partial charge in [-0.15, -0.1) is 0 Å². The molecule has 0 atom stereocenters. The molecule has 0 aromatic heterocycles. The molecular formula is C17H27FN2. The summed E-state index contributed by atoms with van der Waals surface area (Å²) in [6, 6.07) is 7.06. The van der Waals surface area contributed by atoms with Crippen molar-refractivity contribution in [3.05, 3.63) is 30.1 Å². The first-order valence-corrected chi connectivity index (χ1v) is 7.90. The average Bonchev–Trinajstić information content (AvgIpc) is 2.50. The Morgan fingerprint density at radius 2 is 1.90 bits per heavy atom. The van der Waals surface area contributed by atoms with Gasteiger partial charge in [0.25, 0.3) is 0 Å². The number of nitrogens with two attached hydrogens (primary N) is 1.